The summed E-state index contributed by atoms with van der Waals surface area (Å²) < 4.78 is 28.3. The Morgan fingerprint density at radius 3 is 2.25 bits per heavy atom. The molecule has 0 saturated carbocycles. The van der Waals surface area contributed by atoms with E-state index >= 15 is 0 Å². The topological polar surface area (TPSA) is 75.7 Å². The molecule has 1 saturated heterocycles. The Balaban J connectivity index is 0.00000288. The van der Waals surface area contributed by atoms with Crippen LogP contribution in [0.3, 0.4) is 0 Å². The first kappa shape index (κ1) is 20.7. The molecule has 6 nitrogen and oxygen atoms in total. The lowest BCUT2D eigenvalue weighted by Crippen LogP contribution is -2.56. The molecule has 0 aromatic heterocycles. The summed E-state index contributed by atoms with van der Waals surface area (Å²) in [6.07, 6.45) is 1.48. The van der Waals surface area contributed by atoms with Crippen LogP contribution in [0.2, 0.25) is 0 Å². The van der Waals surface area contributed by atoms with Crippen LogP contribution in [0.5, 0.6) is 5.75 Å². The highest BCUT2D eigenvalue weighted by molar-refractivity contribution is 7.90. The van der Waals surface area contributed by atoms with E-state index in [0.29, 0.717) is 37.3 Å². The van der Waals surface area contributed by atoms with E-state index in [1.807, 2.05) is 4.90 Å². The second kappa shape index (κ2) is 8.69. The molecule has 1 N–H and O–H groups in total. The van der Waals surface area contributed by atoms with Gasteiger partial charge in [-0.05, 0) is 38.1 Å². The van der Waals surface area contributed by atoms with E-state index in [1.54, 1.807) is 12.1 Å². The Bertz CT molecular complexity index is 639. The van der Waals surface area contributed by atoms with Crippen molar-refractivity contribution in [3.8, 4) is 5.75 Å². The van der Waals surface area contributed by atoms with Crippen molar-refractivity contribution < 1.29 is 17.9 Å². The highest BCUT2D eigenvalue weighted by atomic mass is 35.5. The molecule has 0 radical (unpaired) electrons. The minimum Gasteiger partial charge on any atom is -0.493 e. The molecule has 1 aliphatic rings. The third kappa shape index (κ3) is 5.96. The number of nitrogens with zero attached hydrogens (tertiary/aromatic N) is 1. The van der Waals surface area contributed by atoms with Gasteiger partial charge in [0.2, 0.25) is 5.91 Å². The van der Waals surface area contributed by atoms with Gasteiger partial charge in [-0.1, -0.05) is 0 Å². The summed E-state index contributed by atoms with van der Waals surface area (Å²) in [7, 11) is -3.20. The molecule has 1 aliphatic heterocycles. The number of ether oxygens (including phenoxy) is 1. The summed E-state index contributed by atoms with van der Waals surface area (Å²) in [5.41, 5.74) is 0. The number of hydrogen-bond acceptors (Lipinski definition) is 5. The number of sulfone groups is 1. The molecule has 1 aromatic rings. The van der Waals surface area contributed by atoms with Crippen LogP contribution < -0.4 is 10.1 Å². The van der Waals surface area contributed by atoms with E-state index in [1.165, 1.54) is 12.1 Å². The van der Waals surface area contributed by atoms with Crippen molar-refractivity contribution in [3.63, 3.8) is 0 Å². The van der Waals surface area contributed by atoms with Crippen LogP contribution in [-0.2, 0) is 14.6 Å². The van der Waals surface area contributed by atoms with Gasteiger partial charge in [-0.25, -0.2) is 8.42 Å². The fraction of sp³-hybridized carbons (Fsp3) is 0.562. The maximum Gasteiger partial charge on any atom is 0.226 e. The van der Waals surface area contributed by atoms with Gasteiger partial charge in [0.05, 0.1) is 17.9 Å². The summed E-state index contributed by atoms with van der Waals surface area (Å²) in [5, 5.41) is 3.39. The smallest absolute Gasteiger partial charge is 0.226 e. The Morgan fingerprint density at radius 1 is 1.21 bits per heavy atom. The normalized spacial score (nSPS) is 21.0. The molecule has 8 heteroatoms. The number of piperazine rings is 1. The summed E-state index contributed by atoms with van der Waals surface area (Å²) in [4.78, 5) is 14.3. The molecule has 2 rings (SSSR count). The van der Waals surface area contributed by atoms with Gasteiger partial charge in [0.1, 0.15) is 5.75 Å². The summed E-state index contributed by atoms with van der Waals surface area (Å²) in [5.74, 6) is 0.644. The third-order valence-electron chi connectivity index (χ3n) is 3.75. The van der Waals surface area contributed by atoms with E-state index in [2.05, 4.69) is 19.2 Å². The maximum atomic E-state index is 12.2. The summed E-state index contributed by atoms with van der Waals surface area (Å²) in [6, 6.07) is 6.82. The lowest BCUT2D eigenvalue weighted by molar-refractivity contribution is -0.133. The van der Waals surface area contributed by atoms with Gasteiger partial charge >= 0.3 is 0 Å². The predicted octanol–water partition coefficient (Wildman–Crippen LogP) is 1.49. The van der Waals surface area contributed by atoms with Crippen LogP contribution in [0.1, 0.15) is 20.3 Å². The Labute approximate surface area is 149 Å². The Hall–Kier alpha value is -1.31. The van der Waals surface area contributed by atoms with Gasteiger partial charge in [0.25, 0.3) is 0 Å². The fourth-order valence-electron chi connectivity index (χ4n) is 2.73. The van der Waals surface area contributed by atoms with E-state index in [-0.39, 0.29) is 29.8 Å². The average Bonchev–Trinajstić information content (AvgIpc) is 2.45. The highest BCUT2D eigenvalue weighted by Gasteiger charge is 2.24. The van der Waals surface area contributed by atoms with Crippen molar-refractivity contribution in [1.29, 1.82) is 0 Å². The van der Waals surface area contributed by atoms with Crippen LogP contribution in [0.15, 0.2) is 29.2 Å². The Morgan fingerprint density at radius 2 is 1.75 bits per heavy atom. The SMILES string of the molecule is CC1CN(C(=O)CCOc2ccc(S(C)(=O)=O)cc2)CC(C)N1.Cl. The number of benzene rings is 1. The van der Waals surface area contributed by atoms with Gasteiger partial charge < -0.3 is 15.0 Å². The van der Waals surface area contributed by atoms with Crippen LogP contribution >= 0.6 is 12.4 Å². The van der Waals surface area contributed by atoms with Gasteiger partial charge in [0.15, 0.2) is 9.84 Å². The fourth-order valence-corrected chi connectivity index (χ4v) is 3.36. The Kier molecular flexibility index (Phi) is 7.51. The average molecular weight is 377 g/mol. The summed E-state index contributed by atoms with van der Waals surface area (Å²) >= 11 is 0. The van der Waals surface area contributed by atoms with Gasteiger partial charge in [0, 0.05) is 31.4 Å². The lowest BCUT2D eigenvalue weighted by atomic mass is 10.1. The summed E-state index contributed by atoms with van der Waals surface area (Å²) in [6.45, 7) is 5.84. The van der Waals surface area contributed by atoms with E-state index in [0.717, 1.165) is 6.26 Å². The monoisotopic (exact) mass is 376 g/mol. The minimum atomic E-state index is -3.20. The molecule has 0 spiro atoms. The van der Waals surface area contributed by atoms with E-state index in [9.17, 15) is 13.2 Å². The quantitative estimate of drug-likeness (QED) is 0.842. The molecule has 1 aromatic carbocycles. The maximum absolute atomic E-state index is 12.2. The minimum absolute atomic E-state index is 0. The zero-order chi connectivity index (χ0) is 17.0. The van der Waals surface area contributed by atoms with Crippen molar-refractivity contribution in [1.82, 2.24) is 10.2 Å². The van der Waals surface area contributed by atoms with Gasteiger partial charge in [-0.3, -0.25) is 4.79 Å². The molecule has 1 fully saturated rings. The largest absolute Gasteiger partial charge is 0.493 e. The van der Waals surface area contributed by atoms with Gasteiger partial charge in [-0.2, -0.15) is 0 Å². The standard InChI is InChI=1S/C16H24N2O4S.ClH/c1-12-10-18(11-13(2)17-12)16(19)8-9-22-14-4-6-15(7-5-14)23(3,20)21;/h4-7,12-13,17H,8-11H2,1-3H3;1H. The second-order valence-corrected chi connectivity index (χ2v) is 8.13. The van der Waals surface area contributed by atoms with E-state index in [4.69, 9.17) is 4.74 Å². The lowest BCUT2D eigenvalue weighted by Gasteiger charge is -2.36. The molecule has 0 aliphatic carbocycles. The van der Waals surface area contributed by atoms with Crippen molar-refractivity contribution in [2.24, 2.45) is 0 Å². The van der Waals surface area contributed by atoms with Crippen molar-refractivity contribution >= 4 is 28.2 Å². The zero-order valence-electron chi connectivity index (χ0n) is 14.2. The molecule has 2 unspecified atom stereocenters. The number of carbonyl (C=O) groups excluding carboxylic acids is 1. The first-order valence-electron chi connectivity index (χ1n) is 7.72. The van der Waals surface area contributed by atoms with Crippen LogP contribution in [0.4, 0.5) is 0 Å². The van der Waals surface area contributed by atoms with Crippen molar-refractivity contribution in [2.75, 3.05) is 26.0 Å². The molecular formula is C16H25ClN2O4S. The number of rotatable bonds is 5. The molecule has 1 amide bonds. The van der Waals surface area contributed by atoms with Crippen LogP contribution in [-0.4, -0.2) is 57.3 Å². The molecule has 1 heterocycles. The molecule has 0 bridgehead atoms. The van der Waals surface area contributed by atoms with Crippen LogP contribution in [0, 0.1) is 0 Å². The van der Waals surface area contributed by atoms with Gasteiger partial charge in [-0.15, -0.1) is 12.4 Å². The number of nitrogens with one attached hydrogen (secondary N) is 1. The highest BCUT2D eigenvalue weighted by Crippen LogP contribution is 2.16. The number of amides is 1. The zero-order valence-corrected chi connectivity index (χ0v) is 15.8. The first-order chi connectivity index (χ1) is 10.8. The van der Waals surface area contributed by atoms with Crippen molar-refractivity contribution in [3.05, 3.63) is 24.3 Å². The molecule has 24 heavy (non-hydrogen) atoms. The molecule has 2 atom stereocenters. The molecule has 136 valence electrons. The van der Waals surface area contributed by atoms with Crippen molar-refractivity contribution in [2.45, 2.75) is 37.2 Å². The first-order valence-corrected chi connectivity index (χ1v) is 9.61. The number of carbonyl (C=O) groups is 1. The second-order valence-electron chi connectivity index (χ2n) is 6.11. The molecular weight excluding hydrogens is 352 g/mol. The number of hydrogen-bond donors (Lipinski definition) is 1. The number of halogens is 1. The van der Waals surface area contributed by atoms with Crippen LogP contribution in [0.25, 0.3) is 0 Å². The third-order valence-corrected chi connectivity index (χ3v) is 4.88. The van der Waals surface area contributed by atoms with E-state index < -0.39 is 9.84 Å². The predicted molar refractivity (Wildman–Crippen MR) is 95.6 cm³/mol.